The van der Waals surface area contributed by atoms with Crippen LogP contribution in [0.5, 0.6) is 0 Å². The molecule has 4 atom stereocenters. The van der Waals surface area contributed by atoms with E-state index in [1.165, 1.54) is 0 Å². The molecule has 1 aliphatic rings. The molecule has 0 bridgehead atoms. The first kappa shape index (κ1) is 24.3. The fourth-order valence-electron chi connectivity index (χ4n) is 4.12. The van der Waals surface area contributed by atoms with E-state index in [1.807, 2.05) is 38.2 Å². The van der Waals surface area contributed by atoms with Crippen molar-refractivity contribution < 1.29 is 14.3 Å². The van der Waals surface area contributed by atoms with Gasteiger partial charge in [-0.05, 0) is 50.6 Å². The van der Waals surface area contributed by atoms with Crippen LogP contribution >= 0.6 is 0 Å². The van der Waals surface area contributed by atoms with Crippen LogP contribution in [0.15, 0.2) is 24.3 Å². The van der Waals surface area contributed by atoms with Crippen LogP contribution in [-0.4, -0.2) is 74.6 Å². The average molecular weight is 419 g/mol. The standard InChI is InChI=1S/C23H38N4O3/c1-16(15-24)22(28)25-19-9-6-8-18(14-19)11-13-27(4)23(29)17(2)21(30-5)20-10-7-12-26(20)3/h6,8-9,14,16-17,20-21H,7,10-13,15,24H2,1-5H3,(H,25,28). The van der Waals surface area contributed by atoms with Gasteiger partial charge in [0, 0.05) is 44.9 Å². The number of hydrogen-bond donors (Lipinski definition) is 2. The van der Waals surface area contributed by atoms with Crippen LogP contribution in [0.25, 0.3) is 0 Å². The molecule has 3 N–H and O–H groups in total. The zero-order chi connectivity index (χ0) is 22.3. The van der Waals surface area contributed by atoms with Gasteiger partial charge in [-0.25, -0.2) is 0 Å². The smallest absolute Gasteiger partial charge is 0.228 e. The summed E-state index contributed by atoms with van der Waals surface area (Å²) in [5.74, 6) is -0.415. The molecule has 7 heteroatoms. The highest BCUT2D eigenvalue weighted by molar-refractivity contribution is 5.92. The molecule has 1 aliphatic heterocycles. The van der Waals surface area contributed by atoms with Crippen LogP contribution in [0.4, 0.5) is 5.69 Å². The van der Waals surface area contributed by atoms with Gasteiger partial charge in [0.1, 0.15) is 0 Å². The fourth-order valence-corrected chi connectivity index (χ4v) is 4.12. The van der Waals surface area contributed by atoms with Gasteiger partial charge in [-0.2, -0.15) is 0 Å². The predicted octanol–water partition coefficient (Wildman–Crippen LogP) is 1.97. The van der Waals surface area contributed by atoms with E-state index in [2.05, 4.69) is 17.3 Å². The lowest BCUT2D eigenvalue weighted by atomic mass is 9.94. The molecule has 2 rings (SSSR count). The number of methoxy groups -OCH3 is 1. The van der Waals surface area contributed by atoms with Crippen LogP contribution in [0.3, 0.4) is 0 Å². The second-order valence-electron chi connectivity index (χ2n) is 8.52. The predicted molar refractivity (Wildman–Crippen MR) is 120 cm³/mol. The zero-order valence-electron chi connectivity index (χ0n) is 19.1. The number of amides is 2. The summed E-state index contributed by atoms with van der Waals surface area (Å²) in [6.07, 6.45) is 2.83. The summed E-state index contributed by atoms with van der Waals surface area (Å²) in [7, 11) is 5.65. The van der Waals surface area contributed by atoms with Gasteiger partial charge in [0.05, 0.1) is 12.0 Å². The fraction of sp³-hybridized carbons (Fsp3) is 0.652. The zero-order valence-corrected chi connectivity index (χ0v) is 19.1. The number of carbonyl (C=O) groups excluding carboxylic acids is 2. The number of nitrogens with two attached hydrogens (primary N) is 1. The van der Waals surface area contributed by atoms with E-state index in [0.717, 1.165) is 30.6 Å². The van der Waals surface area contributed by atoms with Crippen molar-refractivity contribution >= 4 is 17.5 Å². The maximum absolute atomic E-state index is 13.0. The molecule has 168 valence electrons. The van der Waals surface area contributed by atoms with Gasteiger partial charge < -0.3 is 25.6 Å². The number of hydrogen-bond acceptors (Lipinski definition) is 5. The Hall–Kier alpha value is -1.96. The Labute approximate surface area is 180 Å². The quantitative estimate of drug-likeness (QED) is 0.607. The number of carbonyl (C=O) groups is 2. The van der Waals surface area contributed by atoms with E-state index in [9.17, 15) is 9.59 Å². The first-order valence-corrected chi connectivity index (χ1v) is 10.9. The molecule has 7 nitrogen and oxygen atoms in total. The molecule has 2 amide bonds. The van der Waals surface area contributed by atoms with Crippen molar-refractivity contribution in [1.29, 1.82) is 0 Å². The molecule has 0 aromatic heterocycles. The molecule has 1 heterocycles. The van der Waals surface area contributed by atoms with Gasteiger partial charge >= 0.3 is 0 Å². The van der Waals surface area contributed by atoms with Crippen molar-refractivity contribution in [2.45, 2.75) is 45.3 Å². The molecule has 1 saturated heterocycles. The lowest BCUT2D eigenvalue weighted by molar-refractivity contribution is -0.139. The molecule has 4 unspecified atom stereocenters. The van der Waals surface area contributed by atoms with Crippen molar-refractivity contribution in [2.75, 3.05) is 46.2 Å². The third-order valence-corrected chi connectivity index (χ3v) is 6.22. The normalized spacial score (nSPS) is 19.9. The Balaban J connectivity index is 1.92. The first-order valence-electron chi connectivity index (χ1n) is 10.9. The molecule has 1 aromatic carbocycles. The molecule has 0 aliphatic carbocycles. The minimum absolute atomic E-state index is 0.0849. The minimum atomic E-state index is -0.230. The van der Waals surface area contributed by atoms with Gasteiger partial charge in [0.15, 0.2) is 0 Å². The maximum atomic E-state index is 13.0. The molecule has 30 heavy (non-hydrogen) atoms. The Kier molecular flexibility index (Phi) is 9.27. The van der Waals surface area contributed by atoms with E-state index in [0.29, 0.717) is 25.6 Å². The van der Waals surface area contributed by atoms with Crippen LogP contribution in [0, 0.1) is 11.8 Å². The van der Waals surface area contributed by atoms with Gasteiger partial charge in [-0.3, -0.25) is 9.59 Å². The molecule has 1 fully saturated rings. The van der Waals surface area contributed by atoms with Gasteiger partial charge in [-0.15, -0.1) is 0 Å². The molecule has 0 spiro atoms. The summed E-state index contributed by atoms with van der Waals surface area (Å²) in [6, 6.07) is 8.03. The van der Waals surface area contributed by atoms with Crippen molar-refractivity contribution in [2.24, 2.45) is 17.6 Å². The number of ether oxygens (including phenoxy) is 1. The number of anilines is 1. The van der Waals surface area contributed by atoms with Crippen molar-refractivity contribution in [3.8, 4) is 0 Å². The third-order valence-electron chi connectivity index (χ3n) is 6.22. The van der Waals surface area contributed by atoms with E-state index in [1.54, 1.807) is 18.9 Å². The van der Waals surface area contributed by atoms with Crippen LogP contribution < -0.4 is 11.1 Å². The second-order valence-corrected chi connectivity index (χ2v) is 8.52. The summed E-state index contributed by atoms with van der Waals surface area (Å²) in [4.78, 5) is 29.1. The maximum Gasteiger partial charge on any atom is 0.228 e. The largest absolute Gasteiger partial charge is 0.379 e. The van der Waals surface area contributed by atoms with Crippen LogP contribution in [0.2, 0.25) is 0 Å². The highest BCUT2D eigenvalue weighted by Gasteiger charge is 2.36. The summed E-state index contributed by atoms with van der Waals surface area (Å²) in [6.45, 7) is 5.75. The Morgan fingerprint density at radius 1 is 1.37 bits per heavy atom. The topological polar surface area (TPSA) is 87.9 Å². The molecule has 1 aromatic rings. The number of benzene rings is 1. The number of nitrogens with one attached hydrogen (secondary N) is 1. The second kappa shape index (κ2) is 11.4. The van der Waals surface area contributed by atoms with E-state index in [4.69, 9.17) is 10.5 Å². The summed E-state index contributed by atoms with van der Waals surface area (Å²) >= 11 is 0. The third kappa shape index (κ3) is 6.27. The number of likely N-dealkylation sites (tertiary alicyclic amines) is 1. The van der Waals surface area contributed by atoms with Crippen molar-refractivity contribution in [3.63, 3.8) is 0 Å². The van der Waals surface area contributed by atoms with E-state index < -0.39 is 0 Å². The minimum Gasteiger partial charge on any atom is -0.379 e. The lowest BCUT2D eigenvalue weighted by Crippen LogP contribution is -2.47. The summed E-state index contributed by atoms with van der Waals surface area (Å²) in [5, 5.41) is 2.90. The van der Waals surface area contributed by atoms with Gasteiger partial charge in [0.25, 0.3) is 0 Å². The average Bonchev–Trinajstić information content (AvgIpc) is 3.17. The summed E-state index contributed by atoms with van der Waals surface area (Å²) < 4.78 is 5.74. The number of likely N-dealkylation sites (N-methyl/N-ethyl adjacent to an activating group) is 2. The van der Waals surface area contributed by atoms with Crippen LogP contribution in [-0.2, 0) is 20.7 Å². The lowest BCUT2D eigenvalue weighted by Gasteiger charge is -2.33. The molecular weight excluding hydrogens is 380 g/mol. The van der Waals surface area contributed by atoms with E-state index in [-0.39, 0.29) is 29.8 Å². The Morgan fingerprint density at radius 3 is 2.70 bits per heavy atom. The highest BCUT2D eigenvalue weighted by Crippen LogP contribution is 2.25. The Morgan fingerprint density at radius 2 is 2.10 bits per heavy atom. The van der Waals surface area contributed by atoms with Crippen molar-refractivity contribution in [1.82, 2.24) is 9.80 Å². The molecule has 0 saturated carbocycles. The summed E-state index contributed by atoms with van der Waals surface area (Å²) in [5.41, 5.74) is 7.38. The molecule has 0 radical (unpaired) electrons. The van der Waals surface area contributed by atoms with Crippen molar-refractivity contribution in [3.05, 3.63) is 29.8 Å². The van der Waals surface area contributed by atoms with Gasteiger partial charge in [0.2, 0.25) is 11.8 Å². The van der Waals surface area contributed by atoms with E-state index >= 15 is 0 Å². The monoisotopic (exact) mass is 418 g/mol. The first-order chi connectivity index (χ1) is 14.3. The highest BCUT2D eigenvalue weighted by atomic mass is 16.5. The van der Waals surface area contributed by atoms with Crippen LogP contribution in [0.1, 0.15) is 32.3 Å². The number of nitrogens with zero attached hydrogens (tertiary/aromatic N) is 2. The SMILES string of the molecule is COC(C(C)C(=O)N(C)CCc1cccc(NC(=O)C(C)CN)c1)C1CCCN1C. The molecular formula is C23H38N4O3. The number of rotatable bonds is 10. The Bertz CT molecular complexity index is 711. The van der Waals surface area contributed by atoms with Gasteiger partial charge in [-0.1, -0.05) is 26.0 Å².